The van der Waals surface area contributed by atoms with E-state index in [9.17, 15) is 9.13 Å². The molecule has 0 saturated heterocycles. The number of fused-ring (bicyclic) bond motifs is 1. The maximum atomic E-state index is 10.9. The largest absolute Gasteiger partial charge is 0.469 e. The Labute approximate surface area is 164 Å². The fourth-order valence-corrected chi connectivity index (χ4v) is 3.40. The lowest BCUT2D eigenvalue weighted by Gasteiger charge is -2.18. The highest BCUT2D eigenvalue weighted by molar-refractivity contribution is 7.46. The second kappa shape index (κ2) is 9.57. The Morgan fingerprint density at radius 3 is 2.32 bits per heavy atom. The summed E-state index contributed by atoms with van der Waals surface area (Å²) in [6.45, 7) is -0.435. The van der Waals surface area contributed by atoms with Gasteiger partial charge in [0.15, 0.2) is 17.0 Å². The summed E-state index contributed by atoms with van der Waals surface area (Å²) in [5, 5.41) is 2.91. The normalized spacial score (nSPS) is 12.8. The van der Waals surface area contributed by atoms with Crippen LogP contribution in [0.25, 0.3) is 11.2 Å². The summed E-state index contributed by atoms with van der Waals surface area (Å²) in [4.78, 5) is 47.6. The van der Waals surface area contributed by atoms with Gasteiger partial charge >= 0.3 is 15.6 Å². The Kier molecular flexibility index (Phi) is 7.91. The number of halogens is 1. The molecule has 0 saturated carbocycles. The molecule has 0 aromatic carbocycles. The van der Waals surface area contributed by atoms with Gasteiger partial charge < -0.3 is 29.5 Å². The van der Waals surface area contributed by atoms with Gasteiger partial charge in [-0.15, -0.1) is 0 Å². The zero-order valence-corrected chi connectivity index (χ0v) is 17.2. The molecule has 2 heterocycles. The number of aryl methyl sites for hydroxylation is 1. The number of aromatic nitrogens is 4. The number of rotatable bonds is 11. The summed E-state index contributed by atoms with van der Waals surface area (Å²) in [6, 6.07) is 0. The minimum absolute atomic E-state index is 0.0431. The number of phosphoric ester groups is 2. The second-order valence-corrected chi connectivity index (χ2v) is 8.60. The Morgan fingerprint density at radius 1 is 1.18 bits per heavy atom. The monoisotopic (exact) mass is 459 g/mol. The highest BCUT2D eigenvalue weighted by Crippen LogP contribution is 2.39. The number of imidazole rings is 1. The number of hydrogen-bond acceptors (Lipinski definition) is 8. The van der Waals surface area contributed by atoms with Gasteiger partial charge in [0.2, 0.25) is 5.28 Å². The first kappa shape index (κ1) is 23.1. The molecule has 13 nitrogen and oxygen atoms in total. The van der Waals surface area contributed by atoms with Crippen molar-refractivity contribution in [2.45, 2.75) is 19.4 Å². The lowest BCUT2D eigenvalue weighted by Crippen LogP contribution is -2.16. The molecule has 2 aromatic rings. The van der Waals surface area contributed by atoms with Crippen LogP contribution in [0.3, 0.4) is 0 Å². The minimum Gasteiger partial charge on any atom is -0.371 e. The fourth-order valence-electron chi connectivity index (χ4n) is 2.43. The second-order valence-electron chi connectivity index (χ2n) is 5.78. The van der Waals surface area contributed by atoms with Crippen LogP contribution in [0, 0.1) is 5.92 Å². The summed E-state index contributed by atoms with van der Waals surface area (Å²) >= 11 is 5.90. The standard InChI is InChI=1S/C12H20ClN5O8P2/c1-14-10-9-11(17-12(13)16-10)18(7-15-9)4-2-3-8(5-25-27(19,20)21)6-26-28(22,23)24/h7-8H,2-6H2,1H3,(H,14,16,17)(H2,19,20,21)(H2,22,23,24). The van der Waals surface area contributed by atoms with Crippen molar-refractivity contribution in [3.8, 4) is 0 Å². The van der Waals surface area contributed by atoms with E-state index >= 15 is 0 Å². The van der Waals surface area contributed by atoms with E-state index in [1.165, 1.54) is 0 Å². The van der Waals surface area contributed by atoms with Crippen molar-refractivity contribution in [2.75, 3.05) is 25.6 Å². The first-order valence-electron chi connectivity index (χ1n) is 7.95. The van der Waals surface area contributed by atoms with E-state index in [0.717, 1.165) is 0 Å². The molecule has 0 amide bonds. The molecule has 2 rings (SSSR count). The van der Waals surface area contributed by atoms with E-state index in [-0.39, 0.29) is 5.28 Å². The van der Waals surface area contributed by atoms with Crippen molar-refractivity contribution in [3.63, 3.8) is 0 Å². The van der Waals surface area contributed by atoms with Crippen LogP contribution in [0.15, 0.2) is 6.33 Å². The van der Waals surface area contributed by atoms with Crippen LogP contribution in [0.5, 0.6) is 0 Å². The summed E-state index contributed by atoms with van der Waals surface area (Å²) in [5.41, 5.74) is 1.02. The SMILES string of the molecule is CNc1nc(Cl)nc2c1ncn2CCCC(COP(=O)(O)O)COP(=O)(O)O. The van der Waals surface area contributed by atoms with Crippen LogP contribution in [0.2, 0.25) is 5.28 Å². The van der Waals surface area contributed by atoms with Crippen LogP contribution >= 0.6 is 27.2 Å². The molecule has 0 atom stereocenters. The van der Waals surface area contributed by atoms with Crippen molar-refractivity contribution in [1.82, 2.24) is 19.5 Å². The third-order valence-electron chi connectivity index (χ3n) is 3.64. The molecule has 0 aliphatic heterocycles. The quantitative estimate of drug-likeness (QED) is 0.238. The molecule has 0 unspecified atom stereocenters. The van der Waals surface area contributed by atoms with Gasteiger partial charge in [0.05, 0.1) is 19.5 Å². The highest BCUT2D eigenvalue weighted by atomic mass is 35.5. The number of hydrogen-bond donors (Lipinski definition) is 5. The number of nitrogens with one attached hydrogen (secondary N) is 1. The van der Waals surface area contributed by atoms with Crippen LogP contribution in [0.1, 0.15) is 12.8 Å². The van der Waals surface area contributed by atoms with Crippen molar-refractivity contribution >= 4 is 44.2 Å². The first-order valence-corrected chi connectivity index (χ1v) is 11.4. The van der Waals surface area contributed by atoms with Crippen molar-refractivity contribution in [2.24, 2.45) is 5.92 Å². The number of nitrogens with zero attached hydrogens (tertiary/aromatic N) is 4. The van der Waals surface area contributed by atoms with Crippen LogP contribution in [-0.4, -0.2) is 59.4 Å². The van der Waals surface area contributed by atoms with E-state index in [1.54, 1.807) is 17.9 Å². The Morgan fingerprint density at radius 2 is 1.79 bits per heavy atom. The molecule has 158 valence electrons. The molecule has 0 bridgehead atoms. The molecule has 16 heteroatoms. The molecule has 5 N–H and O–H groups in total. The minimum atomic E-state index is -4.71. The molecule has 28 heavy (non-hydrogen) atoms. The molecule has 0 spiro atoms. The van der Waals surface area contributed by atoms with Gasteiger partial charge in [-0.3, -0.25) is 9.05 Å². The van der Waals surface area contributed by atoms with Gasteiger partial charge in [0, 0.05) is 19.5 Å². The van der Waals surface area contributed by atoms with Gasteiger partial charge in [-0.05, 0) is 24.4 Å². The van der Waals surface area contributed by atoms with Crippen LogP contribution in [-0.2, 0) is 24.7 Å². The van der Waals surface area contributed by atoms with E-state index in [2.05, 4.69) is 29.3 Å². The van der Waals surface area contributed by atoms with E-state index < -0.39 is 34.8 Å². The zero-order chi connectivity index (χ0) is 20.9. The third-order valence-corrected chi connectivity index (χ3v) is 4.78. The average molecular weight is 460 g/mol. The lowest BCUT2D eigenvalue weighted by molar-refractivity contribution is 0.112. The van der Waals surface area contributed by atoms with Crippen LogP contribution in [0.4, 0.5) is 5.82 Å². The van der Waals surface area contributed by atoms with Crippen molar-refractivity contribution < 1.29 is 37.8 Å². The predicted molar refractivity (Wildman–Crippen MR) is 98.6 cm³/mol. The Hall–Kier alpha value is -1.14. The molecule has 0 aliphatic rings. The molecule has 2 aromatic heterocycles. The Balaban J connectivity index is 2.02. The fraction of sp³-hybridized carbons (Fsp3) is 0.583. The number of phosphoric acid groups is 2. The number of anilines is 1. The predicted octanol–water partition coefficient (Wildman–Crippen LogP) is 1.14. The van der Waals surface area contributed by atoms with Crippen molar-refractivity contribution in [1.29, 1.82) is 0 Å². The third kappa shape index (κ3) is 7.36. The van der Waals surface area contributed by atoms with Gasteiger partial charge in [0.25, 0.3) is 0 Å². The lowest BCUT2D eigenvalue weighted by atomic mass is 10.1. The van der Waals surface area contributed by atoms with E-state index in [4.69, 9.17) is 31.2 Å². The smallest absolute Gasteiger partial charge is 0.371 e. The highest BCUT2D eigenvalue weighted by Gasteiger charge is 2.22. The Bertz CT molecular complexity index is 874. The van der Waals surface area contributed by atoms with E-state index in [0.29, 0.717) is 36.4 Å². The molecule has 0 fully saturated rings. The summed E-state index contributed by atoms with van der Waals surface area (Å²) in [5.74, 6) is -0.183. The van der Waals surface area contributed by atoms with Crippen molar-refractivity contribution in [3.05, 3.63) is 11.6 Å². The van der Waals surface area contributed by atoms with Crippen LogP contribution < -0.4 is 5.32 Å². The maximum Gasteiger partial charge on any atom is 0.469 e. The topological polar surface area (TPSA) is 189 Å². The summed E-state index contributed by atoms with van der Waals surface area (Å²) in [7, 11) is -7.76. The molecular formula is C12H20ClN5O8P2. The summed E-state index contributed by atoms with van der Waals surface area (Å²) in [6.07, 6.45) is 2.31. The molecular weight excluding hydrogens is 440 g/mol. The van der Waals surface area contributed by atoms with E-state index in [1.807, 2.05) is 0 Å². The average Bonchev–Trinajstić information content (AvgIpc) is 2.97. The van der Waals surface area contributed by atoms with Gasteiger partial charge in [-0.2, -0.15) is 9.97 Å². The first-order chi connectivity index (χ1) is 13.0. The molecule has 0 aliphatic carbocycles. The summed E-state index contributed by atoms with van der Waals surface area (Å²) < 4.78 is 32.3. The van der Waals surface area contributed by atoms with Gasteiger partial charge in [0.1, 0.15) is 0 Å². The van der Waals surface area contributed by atoms with Gasteiger partial charge in [-0.25, -0.2) is 14.1 Å². The molecule has 0 radical (unpaired) electrons. The zero-order valence-electron chi connectivity index (χ0n) is 14.7. The van der Waals surface area contributed by atoms with Gasteiger partial charge in [-0.1, -0.05) is 0 Å². The maximum absolute atomic E-state index is 10.9.